The van der Waals surface area contributed by atoms with E-state index in [2.05, 4.69) is 20.9 Å². The summed E-state index contributed by atoms with van der Waals surface area (Å²) >= 11 is 11.7. The lowest BCUT2D eigenvalue weighted by molar-refractivity contribution is -0.113. The zero-order valence-corrected chi connectivity index (χ0v) is 18.0. The van der Waals surface area contributed by atoms with Gasteiger partial charge in [-0.3, -0.25) is 9.69 Å². The van der Waals surface area contributed by atoms with Crippen LogP contribution in [-0.2, 0) is 4.79 Å². The summed E-state index contributed by atoms with van der Waals surface area (Å²) in [7, 11) is 0. The van der Waals surface area contributed by atoms with Gasteiger partial charge >= 0.3 is 0 Å². The van der Waals surface area contributed by atoms with Gasteiger partial charge < -0.3 is 4.42 Å². The van der Waals surface area contributed by atoms with Crippen molar-refractivity contribution in [3.63, 3.8) is 0 Å². The average molecular weight is 484 g/mol. The third-order valence-electron chi connectivity index (χ3n) is 4.49. The second-order valence-corrected chi connectivity index (χ2v) is 8.69. The van der Waals surface area contributed by atoms with Gasteiger partial charge in [-0.2, -0.15) is 0 Å². The van der Waals surface area contributed by atoms with Crippen molar-refractivity contribution in [3.05, 3.63) is 92.8 Å². The van der Waals surface area contributed by atoms with E-state index < -0.39 is 0 Å². The number of carbonyl (C=O) groups is 1. The monoisotopic (exact) mass is 482 g/mol. The van der Waals surface area contributed by atoms with Crippen LogP contribution in [0.1, 0.15) is 10.6 Å². The molecular weight excluding hydrogens is 472 g/mol. The van der Waals surface area contributed by atoms with Gasteiger partial charge in [0.05, 0.1) is 21.9 Å². The van der Waals surface area contributed by atoms with Crippen LogP contribution >= 0.6 is 38.9 Å². The molecule has 142 valence electrons. The number of aliphatic imine (C=N–C) groups is 1. The first-order chi connectivity index (χ1) is 14.1. The van der Waals surface area contributed by atoms with E-state index in [1.54, 1.807) is 29.4 Å². The van der Waals surface area contributed by atoms with Gasteiger partial charge in [-0.25, -0.2) is 4.99 Å². The molecule has 0 aliphatic carbocycles. The van der Waals surface area contributed by atoms with Crippen LogP contribution in [-0.4, -0.2) is 11.7 Å². The molecule has 5 rings (SSSR count). The summed E-state index contributed by atoms with van der Waals surface area (Å²) < 4.78 is 7.28. The van der Waals surface area contributed by atoms with Gasteiger partial charge in [-0.1, -0.05) is 51.8 Å². The van der Waals surface area contributed by atoms with E-state index in [1.807, 2.05) is 48.5 Å². The molecule has 4 aromatic rings. The van der Waals surface area contributed by atoms with Crippen molar-refractivity contribution in [2.24, 2.45) is 4.99 Å². The molecular formula is C22H12BrClN2O2S. The van der Waals surface area contributed by atoms with Gasteiger partial charge in [0.1, 0.15) is 11.5 Å². The second-order valence-electron chi connectivity index (χ2n) is 6.34. The minimum absolute atomic E-state index is 0.233. The summed E-state index contributed by atoms with van der Waals surface area (Å²) in [6.07, 6.45) is 3.20. The van der Waals surface area contributed by atoms with Crippen molar-refractivity contribution < 1.29 is 9.21 Å². The summed E-state index contributed by atoms with van der Waals surface area (Å²) in [6.45, 7) is 0. The number of carbonyl (C=O) groups excluding carboxylic acids is 1. The Balaban J connectivity index is 1.71. The predicted molar refractivity (Wildman–Crippen MR) is 122 cm³/mol. The average Bonchev–Trinajstić information content (AvgIpc) is 3.42. The number of halogens is 2. The highest BCUT2D eigenvalue weighted by Gasteiger charge is 2.35. The van der Waals surface area contributed by atoms with E-state index >= 15 is 0 Å². The highest BCUT2D eigenvalue weighted by Crippen LogP contribution is 2.39. The lowest BCUT2D eigenvalue weighted by atomic mass is 10.2. The van der Waals surface area contributed by atoms with Gasteiger partial charge in [0.2, 0.25) is 0 Å². The smallest absolute Gasteiger partial charge is 0.282 e. The number of amidine groups is 1. The Morgan fingerprint density at radius 1 is 1.10 bits per heavy atom. The first-order valence-electron chi connectivity index (χ1n) is 8.73. The molecule has 0 radical (unpaired) electrons. The Labute approximate surface area is 183 Å². The van der Waals surface area contributed by atoms with Gasteiger partial charge in [-0.15, -0.1) is 11.3 Å². The van der Waals surface area contributed by atoms with Crippen LogP contribution in [0.15, 0.2) is 86.5 Å². The quantitative estimate of drug-likeness (QED) is 0.303. The zero-order valence-electron chi connectivity index (χ0n) is 14.8. The number of furan rings is 1. The molecule has 0 saturated heterocycles. The summed E-state index contributed by atoms with van der Waals surface area (Å²) in [5.41, 5.74) is 1.00. The van der Waals surface area contributed by atoms with Crippen LogP contribution in [0.2, 0.25) is 5.02 Å². The Hall–Kier alpha value is -2.67. The summed E-state index contributed by atoms with van der Waals surface area (Å²) in [5, 5.41) is 1.54. The van der Waals surface area contributed by atoms with Crippen molar-refractivity contribution in [2.75, 3.05) is 4.90 Å². The van der Waals surface area contributed by atoms with Gasteiger partial charge in [0.15, 0.2) is 5.84 Å². The third-order valence-corrected chi connectivity index (χ3v) is 6.65. The van der Waals surface area contributed by atoms with Crippen LogP contribution in [0.4, 0.5) is 5.69 Å². The number of hydrogen-bond acceptors (Lipinski definition) is 4. The van der Waals surface area contributed by atoms with Crippen molar-refractivity contribution in [1.29, 1.82) is 0 Å². The number of benzene rings is 2. The van der Waals surface area contributed by atoms with Crippen molar-refractivity contribution in [2.45, 2.75) is 0 Å². The van der Waals surface area contributed by atoms with Crippen molar-refractivity contribution in [3.8, 4) is 0 Å². The maximum absolute atomic E-state index is 13.3. The highest BCUT2D eigenvalue weighted by molar-refractivity contribution is 9.10. The number of hydrogen-bond donors (Lipinski definition) is 0. The molecule has 1 aliphatic rings. The summed E-state index contributed by atoms with van der Waals surface area (Å²) in [5.74, 6) is 0.843. The highest BCUT2D eigenvalue weighted by atomic mass is 79.9. The minimum Gasteiger partial charge on any atom is -0.465 e. The topological polar surface area (TPSA) is 45.8 Å². The maximum Gasteiger partial charge on any atom is 0.282 e. The Morgan fingerprint density at radius 3 is 2.72 bits per heavy atom. The minimum atomic E-state index is -0.233. The summed E-state index contributed by atoms with van der Waals surface area (Å²) in [4.78, 5) is 20.3. The van der Waals surface area contributed by atoms with E-state index in [0.29, 0.717) is 28.0 Å². The number of rotatable bonds is 3. The van der Waals surface area contributed by atoms with Gasteiger partial charge in [-0.05, 0) is 36.4 Å². The van der Waals surface area contributed by atoms with Crippen LogP contribution in [0, 0.1) is 0 Å². The predicted octanol–water partition coefficient (Wildman–Crippen LogP) is 6.74. The van der Waals surface area contributed by atoms with Crippen LogP contribution in [0.25, 0.3) is 16.2 Å². The fourth-order valence-corrected chi connectivity index (χ4v) is 5.07. The van der Waals surface area contributed by atoms with Crippen molar-refractivity contribution in [1.82, 2.24) is 0 Å². The molecule has 29 heavy (non-hydrogen) atoms. The molecule has 0 N–H and O–H groups in total. The molecule has 0 atom stereocenters. The van der Waals surface area contributed by atoms with E-state index in [0.717, 1.165) is 19.4 Å². The SMILES string of the molecule is O=C1/C(=C\c2ccco2)N=C(c2sc3ccccc3c2Cl)N1c1cccc(Br)c1. The van der Waals surface area contributed by atoms with Crippen LogP contribution in [0.3, 0.4) is 0 Å². The number of amides is 1. The first kappa shape index (κ1) is 18.4. The van der Waals surface area contributed by atoms with E-state index in [-0.39, 0.29) is 5.91 Å². The lowest BCUT2D eigenvalue weighted by Gasteiger charge is -2.18. The van der Waals surface area contributed by atoms with E-state index in [1.165, 1.54) is 11.3 Å². The fraction of sp³-hybridized carbons (Fsp3) is 0. The fourth-order valence-electron chi connectivity index (χ4n) is 3.19. The molecule has 1 aliphatic heterocycles. The third kappa shape index (κ3) is 3.23. The molecule has 0 unspecified atom stereocenters. The van der Waals surface area contributed by atoms with Gasteiger partial charge in [0.25, 0.3) is 5.91 Å². The molecule has 1 amide bonds. The van der Waals surface area contributed by atoms with E-state index in [4.69, 9.17) is 16.0 Å². The molecule has 4 nitrogen and oxygen atoms in total. The molecule has 0 spiro atoms. The Bertz CT molecular complexity index is 1310. The molecule has 0 fully saturated rings. The Morgan fingerprint density at radius 2 is 1.97 bits per heavy atom. The molecule has 2 aromatic carbocycles. The van der Waals surface area contributed by atoms with Crippen LogP contribution in [0.5, 0.6) is 0 Å². The van der Waals surface area contributed by atoms with Gasteiger partial charge in [0, 0.05) is 20.6 Å². The molecule has 0 saturated carbocycles. The number of thiophene rings is 1. The second kappa shape index (κ2) is 7.30. The van der Waals surface area contributed by atoms with Crippen molar-refractivity contribution >= 4 is 72.5 Å². The largest absolute Gasteiger partial charge is 0.465 e. The molecule has 3 heterocycles. The first-order valence-corrected chi connectivity index (χ1v) is 10.7. The lowest BCUT2D eigenvalue weighted by Crippen LogP contribution is -2.32. The Kier molecular flexibility index (Phi) is 4.62. The van der Waals surface area contributed by atoms with Crippen LogP contribution < -0.4 is 4.90 Å². The molecule has 7 heteroatoms. The zero-order chi connectivity index (χ0) is 20.0. The summed E-state index contributed by atoms with van der Waals surface area (Å²) in [6, 6.07) is 19.0. The molecule has 0 bridgehead atoms. The maximum atomic E-state index is 13.3. The molecule has 2 aromatic heterocycles. The number of anilines is 1. The number of nitrogens with zero attached hydrogens (tertiary/aromatic N) is 2. The normalized spacial score (nSPS) is 15.5. The van der Waals surface area contributed by atoms with E-state index in [9.17, 15) is 4.79 Å². The standard InChI is InChI=1S/C22H12BrClN2O2S/c23-13-5-3-6-14(11-13)26-21(20-19(24)16-8-1-2-9-18(16)29-20)25-17(22(26)27)12-15-7-4-10-28-15/h1-12H/b17-12+. The number of fused-ring (bicyclic) bond motifs is 1.